The average Bonchev–Trinajstić information content (AvgIpc) is 2.74. The van der Waals surface area contributed by atoms with E-state index in [0.717, 1.165) is 6.07 Å². The van der Waals surface area contributed by atoms with Crippen LogP contribution in [-0.2, 0) is 4.79 Å². The van der Waals surface area contributed by atoms with Gasteiger partial charge < -0.3 is 19.7 Å². The summed E-state index contributed by atoms with van der Waals surface area (Å²) >= 11 is 6.28. The number of amides is 2. The lowest BCUT2D eigenvalue weighted by atomic mass is 10.1. The van der Waals surface area contributed by atoms with Crippen LogP contribution in [0.3, 0.4) is 0 Å². The molecule has 10 heteroatoms. The molecule has 0 fully saturated rings. The molecule has 0 saturated heterocycles. The van der Waals surface area contributed by atoms with Gasteiger partial charge in [-0.2, -0.15) is 0 Å². The zero-order valence-corrected chi connectivity index (χ0v) is 18.9. The second-order valence-electron chi connectivity index (χ2n) is 7.15. The molecule has 2 aromatic carbocycles. The fourth-order valence-corrected chi connectivity index (χ4v) is 3.14. The summed E-state index contributed by atoms with van der Waals surface area (Å²) in [6.07, 6.45) is 0.345. The first-order valence-electron chi connectivity index (χ1n) is 9.85. The van der Waals surface area contributed by atoms with Crippen LogP contribution >= 0.6 is 11.6 Å². The van der Waals surface area contributed by atoms with Crippen LogP contribution in [0.15, 0.2) is 24.3 Å². The van der Waals surface area contributed by atoms with Gasteiger partial charge in [0.2, 0.25) is 5.91 Å². The van der Waals surface area contributed by atoms with Gasteiger partial charge >= 0.3 is 0 Å². The zero-order chi connectivity index (χ0) is 24.0. The fourth-order valence-electron chi connectivity index (χ4n) is 2.88. The molecule has 0 aliphatic carbocycles. The molecule has 0 bridgehead atoms. The zero-order valence-electron chi connectivity index (χ0n) is 18.1. The quantitative estimate of drug-likeness (QED) is 0.519. The molecule has 0 heterocycles. The van der Waals surface area contributed by atoms with Crippen molar-refractivity contribution in [1.29, 1.82) is 0 Å². The summed E-state index contributed by atoms with van der Waals surface area (Å²) in [5.74, 6) is -5.37. The number of halogens is 4. The van der Waals surface area contributed by atoms with Crippen LogP contribution in [0.25, 0.3) is 0 Å². The van der Waals surface area contributed by atoms with Gasteiger partial charge in [-0.1, -0.05) is 18.5 Å². The summed E-state index contributed by atoms with van der Waals surface area (Å²) in [5.41, 5.74) is -0.374. The molecule has 174 valence electrons. The number of nitrogens with zero attached hydrogens (tertiary/aromatic N) is 1. The summed E-state index contributed by atoms with van der Waals surface area (Å²) in [6.45, 7) is 5.19. The molecule has 0 radical (unpaired) electrons. The maximum Gasteiger partial charge on any atom is 0.254 e. The number of anilines is 1. The highest BCUT2D eigenvalue weighted by Crippen LogP contribution is 2.37. The fraction of sp³-hybridized carbons (Fsp3) is 0.364. The van der Waals surface area contributed by atoms with E-state index in [4.69, 9.17) is 21.1 Å². The maximum absolute atomic E-state index is 13.8. The topological polar surface area (TPSA) is 67.9 Å². The molecular formula is C22H24ClF3N2O4. The third-order valence-electron chi connectivity index (χ3n) is 4.25. The SMILES string of the molecule is CCCN(CC(=O)Nc1ccc(F)c(F)c1F)C(=O)c1cc(Cl)c(OC(C)C)c(OC)c1. The predicted molar refractivity (Wildman–Crippen MR) is 115 cm³/mol. The van der Waals surface area contributed by atoms with E-state index in [9.17, 15) is 22.8 Å². The Bertz CT molecular complexity index is 1000. The van der Waals surface area contributed by atoms with E-state index in [0.29, 0.717) is 12.5 Å². The Balaban J connectivity index is 2.25. The van der Waals surface area contributed by atoms with Crippen LogP contribution in [0.4, 0.5) is 18.9 Å². The maximum atomic E-state index is 13.8. The molecular weight excluding hydrogens is 449 g/mol. The summed E-state index contributed by atoms with van der Waals surface area (Å²) in [7, 11) is 1.40. The Labute approximate surface area is 189 Å². The molecule has 0 saturated carbocycles. The van der Waals surface area contributed by atoms with Crippen molar-refractivity contribution in [2.75, 3.05) is 25.5 Å². The molecule has 2 rings (SSSR count). The lowest BCUT2D eigenvalue weighted by Crippen LogP contribution is -2.38. The van der Waals surface area contributed by atoms with Crippen molar-refractivity contribution in [3.05, 3.63) is 52.3 Å². The first-order valence-corrected chi connectivity index (χ1v) is 10.2. The Kier molecular flexibility index (Phi) is 8.77. The van der Waals surface area contributed by atoms with Crippen LogP contribution in [0.2, 0.25) is 5.02 Å². The van der Waals surface area contributed by atoms with E-state index in [1.165, 1.54) is 24.1 Å². The molecule has 0 spiro atoms. The highest BCUT2D eigenvalue weighted by atomic mass is 35.5. The van der Waals surface area contributed by atoms with Crippen molar-refractivity contribution >= 4 is 29.1 Å². The second-order valence-corrected chi connectivity index (χ2v) is 7.56. The molecule has 0 unspecified atom stereocenters. The third-order valence-corrected chi connectivity index (χ3v) is 4.54. The normalized spacial score (nSPS) is 10.8. The summed E-state index contributed by atoms with van der Waals surface area (Å²) in [4.78, 5) is 26.7. The molecule has 2 amide bonds. The van der Waals surface area contributed by atoms with E-state index in [2.05, 4.69) is 5.32 Å². The molecule has 6 nitrogen and oxygen atoms in total. The van der Waals surface area contributed by atoms with E-state index < -0.39 is 41.5 Å². The van der Waals surface area contributed by atoms with Gasteiger partial charge in [0, 0.05) is 12.1 Å². The highest BCUT2D eigenvalue weighted by Gasteiger charge is 2.23. The van der Waals surface area contributed by atoms with Gasteiger partial charge in [0.1, 0.15) is 6.54 Å². The summed E-state index contributed by atoms with van der Waals surface area (Å²) < 4.78 is 51.2. The monoisotopic (exact) mass is 472 g/mol. The van der Waals surface area contributed by atoms with Gasteiger partial charge in [-0.05, 0) is 44.5 Å². The van der Waals surface area contributed by atoms with Gasteiger partial charge in [-0.15, -0.1) is 0 Å². The van der Waals surface area contributed by atoms with Crippen LogP contribution in [0, 0.1) is 17.5 Å². The van der Waals surface area contributed by atoms with Gasteiger partial charge in [0.15, 0.2) is 29.0 Å². The van der Waals surface area contributed by atoms with Crippen LogP contribution in [0.1, 0.15) is 37.6 Å². The first-order chi connectivity index (χ1) is 15.1. The van der Waals surface area contributed by atoms with E-state index in [1.54, 1.807) is 6.92 Å². The number of benzene rings is 2. The number of carbonyl (C=O) groups is 2. The summed E-state index contributed by atoms with van der Waals surface area (Å²) in [6, 6.07) is 4.44. The smallest absolute Gasteiger partial charge is 0.254 e. The molecule has 0 aromatic heterocycles. The average molecular weight is 473 g/mol. The number of methoxy groups -OCH3 is 1. The number of hydrogen-bond donors (Lipinski definition) is 1. The minimum absolute atomic E-state index is 0.156. The van der Waals surface area contributed by atoms with Crippen molar-refractivity contribution in [2.24, 2.45) is 0 Å². The molecule has 0 aliphatic heterocycles. The number of carbonyl (C=O) groups excluding carboxylic acids is 2. The lowest BCUT2D eigenvalue weighted by molar-refractivity contribution is -0.116. The first kappa shape index (κ1) is 25.3. The van der Waals surface area contributed by atoms with Crippen molar-refractivity contribution in [1.82, 2.24) is 4.90 Å². The number of nitrogens with one attached hydrogen (secondary N) is 1. The third kappa shape index (κ3) is 6.06. The van der Waals surface area contributed by atoms with Crippen molar-refractivity contribution in [3.63, 3.8) is 0 Å². The van der Waals surface area contributed by atoms with Crippen LogP contribution in [0.5, 0.6) is 11.5 Å². The van der Waals surface area contributed by atoms with Crippen molar-refractivity contribution in [3.8, 4) is 11.5 Å². The molecule has 2 aromatic rings. The standard InChI is InChI=1S/C22H24ClF3N2O4/c1-5-8-28(11-18(29)27-16-7-6-15(24)19(25)20(16)26)22(30)13-9-14(23)21(32-12(2)3)17(10-13)31-4/h6-7,9-10,12H,5,8,11H2,1-4H3,(H,27,29). The van der Waals surface area contributed by atoms with E-state index >= 15 is 0 Å². The van der Waals surface area contributed by atoms with Crippen molar-refractivity contribution in [2.45, 2.75) is 33.3 Å². The summed E-state index contributed by atoms with van der Waals surface area (Å²) in [5, 5.41) is 2.31. The van der Waals surface area contributed by atoms with Crippen LogP contribution < -0.4 is 14.8 Å². The molecule has 0 aliphatic rings. The Morgan fingerprint density at radius 2 is 1.84 bits per heavy atom. The number of rotatable bonds is 9. The van der Waals surface area contributed by atoms with E-state index in [-0.39, 0.29) is 34.7 Å². The molecule has 0 atom stereocenters. The largest absolute Gasteiger partial charge is 0.493 e. The minimum Gasteiger partial charge on any atom is -0.493 e. The van der Waals surface area contributed by atoms with Gasteiger partial charge in [0.25, 0.3) is 5.91 Å². The van der Waals surface area contributed by atoms with E-state index in [1.807, 2.05) is 13.8 Å². The van der Waals surface area contributed by atoms with Gasteiger partial charge in [-0.25, -0.2) is 13.2 Å². The predicted octanol–water partition coefficient (Wildman–Crippen LogP) is 5.04. The van der Waals surface area contributed by atoms with Gasteiger partial charge in [-0.3, -0.25) is 9.59 Å². The van der Waals surface area contributed by atoms with Crippen molar-refractivity contribution < 1.29 is 32.2 Å². The Morgan fingerprint density at radius 3 is 2.44 bits per heavy atom. The molecule has 1 N–H and O–H groups in total. The highest BCUT2D eigenvalue weighted by molar-refractivity contribution is 6.32. The van der Waals surface area contributed by atoms with Crippen LogP contribution in [-0.4, -0.2) is 43.0 Å². The number of hydrogen-bond acceptors (Lipinski definition) is 4. The Hall–Kier alpha value is -2.94. The Morgan fingerprint density at radius 1 is 1.16 bits per heavy atom. The second kappa shape index (κ2) is 11.1. The lowest BCUT2D eigenvalue weighted by Gasteiger charge is -2.23. The minimum atomic E-state index is -1.70. The van der Waals surface area contributed by atoms with Gasteiger partial charge in [0.05, 0.1) is 23.9 Å². The number of ether oxygens (including phenoxy) is 2. The molecule has 32 heavy (non-hydrogen) atoms.